The second kappa shape index (κ2) is 5.80. The van der Waals surface area contributed by atoms with Crippen LogP contribution in [-0.4, -0.2) is 46.7 Å². The lowest BCUT2D eigenvalue weighted by atomic mass is 9.81. The highest BCUT2D eigenvalue weighted by Gasteiger charge is 2.58. The Morgan fingerprint density at radius 2 is 1.80 bits per heavy atom. The molecule has 0 aromatic heterocycles. The summed E-state index contributed by atoms with van der Waals surface area (Å²) in [5.41, 5.74) is 0.329. The van der Waals surface area contributed by atoms with Crippen molar-refractivity contribution in [3.63, 3.8) is 0 Å². The lowest BCUT2D eigenvalue weighted by Gasteiger charge is -2.28. The molecule has 4 fully saturated rings. The summed E-state index contributed by atoms with van der Waals surface area (Å²) < 4.78 is 17.4. The van der Waals surface area contributed by atoms with Crippen LogP contribution in [-0.2, 0) is 19.0 Å². The van der Waals surface area contributed by atoms with E-state index in [9.17, 15) is 9.90 Å². The number of hydrogen-bond donors (Lipinski definition) is 1. The van der Waals surface area contributed by atoms with Crippen molar-refractivity contribution in [2.45, 2.75) is 94.9 Å². The highest BCUT2D eigenvalue weighted by molar-refractivity contribution is 5.90. The van der Waals surface area contributed by atoms with Crippen LogP contribution in [0.2, 0.25) is 0 Å². The number of aliphatic hydroxyl groups excluding tert-OH is 1. The molecule has 1 aliphatic carbocycles. The standard InChI is InChI=1S/C20H30O5/c1-11-6-5-8-19(3)14(24-19)7-9-20(4)15(25-20)10-13-12(2)18(22)23-17(13)16(11)21/h11,13-17,21H,2,5-10H2,1,3-4H3/t11-,13-,14-,15+,16-,17+,19-,20+/m0/s1. The zero-order chi connectivity index (χ0) is 18.0. The van der Waals surface area contributed by atoms with E-state index in [0.717, 1.165) is 32.1 Å². The van der Waals surface area contributed by atoms with Crippen molar-refractivity contribution in [2.24, 2.45) is 11.8 Å². The van der Waals surface area contributed by atoms with Gasteiger partial charge in [-0.2, -0.15) is 0 Å². The molecule has 3 heterocycles. The number of fused-ring (bicyclic) bond motifs is 3. The average molecular weight is 350 g/mol. The second-order valence-electron chi connectivity index (χ2n) is 8.97. The van der Waals surface area contributed by atoms with Gasteiger partial charge >= 0.3 is 5.97 Å². The normalized spacial score (nSPS) is 53.1. The Labute approximate surface area is 149 Å². The Kier molecular flexibility index (Phi) is 4.06. The monoisotopic (exact) mass is 350 g/mol. The van der Waals surface area contributed by atoms with E-state index >= 15 is 0 Å². The zero-order valence-electron chi connectivity index (χ0n) is 15.5. The first-order chi connectivity index (χ1) is 11.7. The summed E-state index contributed by atoms with van der Waals surface area (Å²) in [6, 6.07) is 0. The Balaban J connectivity index is 1.53. The molecule has 0 aromatic rings. The van der Waals surface area contributed by atoms with Gasteiger partial charge in [0, 0.05) is 11.5 Å². The molecule has 140 valence electrons. The molecule has 0 unspecified atom stereocenters. The molecular formula is C20H30O5. The molecule has 4 aliphatic rings. The van der Waals surface area contributed by atoms with Gasteiger partial charge < -0.3 is 19.3 Å². The van der Waals surface area contributed by atoms with Crippen LogP contribution in [0.1, 0.15) is 59.3 Å². The fraction of sp³-hybridized carbons (Fsp3) is 0.850. The first-order valence-electron chi connectivity index (χ1n) is 9.67. The van der Waals surface area contributed by atoms with Crippen molar-refractivity contribution < 1.29 is 24.1 Å². The van der Waals surface area contributed by atoms with Crippen LogP contribution < -0.4 is 0 Å². The molecule has 0 spiro atoms. The van der Waals surface area contributed by atoms with E-state index in [1.165, 1.54) is 0 Å². The van der Waals surface area contributed by atoms with Crippen LogP contribution in [0.4, 0.5) is 0 Å². The summed E-state index contributed by atoms with van der Waals surface area (Å²) in [6.45, 7) is 10.3. The van der Waals surface area contributed by atoms with Gasteiger partial charge in [-0.1, -0.05) is 19.9 Å². The lowest BCUT2D eigenvalue weighted by molar-refractivity contribution is -0.146. The maximum Gasteiger partial charge on any atom is 0.334 e. The number of epoxide rings is 2. The third-order valence-corrected chi connectivity index (χ3v) is 7.04. The third kappa shape index (κ3) is 3.04. The van der Waals surface area contributed by atoms with Crippen molar-refractivity contribution >= 4 is 5.97 Å². The van der Waals surface area contributed by atoms with Crippen molar-refractivity contribution in [1.29, 1.82) is 0 Å². The average Bonchev–Trinajstić information content (AvgIpc) is 3.38. The van der Waals surface area contributed by atoms with Crippen LogP contribution in [0, 0.1) is 11.8 Å². The summed E-state index contributed by atoms with van der Waals surface area (Å²) in [6.07, 6.45) is 4.87. The van der Waals surface area contributed by atoms with Crippen molar-refractivity contribution in [2.75, 3.05) is 0 Å². The number of rotatable bonds is 0. The Bertz CT molecular complexity index is 589. The van der Waals surface area contributed by atoms with E-state index in [0.29, 0.717) is 18.1 Å². The molecular weight excluding hydrogens is 320 g/mol. The van der Waals surface area contributed by atoms with E-state index < -0.39 is 12.2 Å². The van der Waals surface area contributed by atoms with Gasteiger partial charge in [0.15, 0.2) is 0 Å². The Morgan fingerprint density at radius 1 is 1.12 bits per heavy atom. The molecule has 4 rings (SSSR count). The fourth-order valence-corrected chi connectivity index (χ4v) is 4.82. The Hall–Kier alpha value is -0.910. The molecule has 0 aromatic carbocycles. The molecule has 25 heavy (non-hydrogen) atoms. The predicted molar refractivity (Wildman–Crippen MR) is 91.9 cm³/mol. The Morgan fingerprint density at radius 3 is 2.56 bits per heavy atom. The van der Waals surface area contributed by atoms with E-state index in [4.69, 9.17) is 14.2 Å². The minimum absolute atomic E-state index is 0.00776. The van der Waals surface area contributed by atoms with Gasteiger partial charge in [0.1, 0.15) is 6.10 Å². The van der Waals surface area contributed by atoms with E-state index in [1.807, 2.05) is 6.92 Å². The number of aliphatic hydroxyl groups is 1. The van der Waals surface area contributed by atoms with Gasteiger partial charge in [0.25, 0.3) is 0 Å². The highest BCUT2D eigenvalue weighted by Crippen LogP contribution is 2.51. The molecule has 0 amide bonds. The zero-order valence-corrected chi connectivity index (χ0v) is 15.5. The van der Waals surface area contributed by atoms with Crippen LogP contribution in [0.25, 0.3) is 0 Å². The quantitative estimate of drug-likeness (QED) is 0.413. The van der Waals surface area contributed by atoms with E-state index in [2.05, 4.69) is 20.4 Å². The third-order valence-electron chi connectivity index (χ3n) is 7.04. The smallest absolute Gasteiger partial charge is 0.334 e. The largest absolute Gasteiger partial charge is 0.456 e. The van der Waals surface area contributed by atoms with Gasteiger partial charge in [-0.25, -0.2) is 4.79 Å². The van der Waals surface area contributed by atoms with Gasteiger partial charge in [0.05, 0.1) is 29.5 Å². The lowest BCUT2D eigenvalue weighted by Crippen LogP contribution is -2.37. The van der Waals surface area contributed by atoms with Crippen molar-refractivity contribution in [1.82, 2.24) is 0 Å². The van der Waals surface area contributed by atoms with Crippen LogP contribution in [0.5, 0.6) is 0 Å². The summed E-state index contributed by atoms with van der Waals surface area (Å²) >= 11 is 0. The van der Waals surface area contributed by atoms with Crippen molar-refractivity contribution in [3.05, 3.63) is 12.2 Å². The van der Waals surface area contributed by atoms with Gasteiger partial charge in [0.2, 0.25) is 0 Å². The first-order valence-corrected chi connectivity index (χ1v) is 9.67. The van der Waals surface area contributed by atoms with Crippen molar-refractivity contribution in [3.8, 4) is 0 Å². The summed E-state index contributed by atoms with van der Waals surface area (Å²) in [7, 11) is 0. The first kappa shape index (κ1) is 17.5. The number of carbonyl (C=O) groups is 1. The summed E-state index contributed by atoms with van der Waals surface area (Å²) in [5, 5.41) is 10.8. The number of esters is 1. The minimum Gasteiger partial charge on any atom is -0.456 e. The maximum atomic E-state index is 12.0. The predicted octanol–water partition coefficient (Wildman–Crippen LogP) is 2.75. The van der Waals surface area contributed by atoms with Gasteiger partial charge in [-0.05, 0) is 51.9 Å². The van der Waals surface area contributed by atoms with E-state index in [1.54, 1.807) is 0 Å². The topological polar surface area (TPSA) is 71.6 Å². The number of carbonyl (C=O) groups excluding carboxylic acids is 1. The number of hydrogen-bond acceptors (Lipinski definition) is 5. The molecule has 1 N–H and O–H groups in total. The molecule has 5 heteroatoms. The fourth-order valence-electron chi connectivity index (χ4n) is 4.82. The van der Waals surface area contributed by atoms with Crippen LogP contribution >= 0.6 is 0 Å². The molecule has 5 nitrogen and oxygen atoms in total. The molecule has 3 aliphatic heterocycles. The second-order valence-corrected chi connectivity index (χ2v) is 8.97. The molecule has 8 atom stereocenters. The molecule has 1 saturated carbocycles. The molecule has 0 radical (unpaired) electrons. The summed E-state index contributed by atoms with van der Waals surface area (Å²) in [5.74, 6) is -0.446. The summed E-state index contributed by atoms with van der Waals surface area (Å²) in [4.78, 5) is 12.0. The van der Waals surface area contributed by atoms with Gasteiger partial charge in [-0.15, -0.1) is 0 Å². The van der Waals surface area contributed by atoms with Gasteiger partial charge in [-0.3, -0.25) is 0 Å². The SMILES string of the molecule is C=C1C(=O)O[C@H]2[C@@H](O)[C@@H](C)CCC[C@]3(C)O[C@H]3CC[C@@]3(C)O[C@@H]3C[C@@H]12. The highest BCUT2D eigenvalue weighted by atomic mass is 16.6. The minimum atomic E-state index is -0.662. The van der Waals surface area contributed by atoms with Crippen LogP contribution in [0.15, 0.2) is 12.2 Å². The number of ether oxygens (including phenoxy) is 3. The van der Waals surface area contributed by atoms with Crippen LogP contribution in [0.3, 0.4) is 0 Å². The molecule has 3 saturated heterocycles. The maximum absolute atomic E-state index is 12.0. The molecule has 0 bridgehead atoms. The van der Waals surface area contributed by atoms with E-state index in [-0.39, 0.29) is 35.1 Å².